The number of rotatable bonds is 4. The summed E-state index contributed by atoms with van der Waals surface area (Å²) in [7, 11) is 0. The molecule has 0 saturated carbocycles. The number of nitrogens with zero attached hydrogens (tertiary/aromatic N) is 4. The van der Waals surface area contributed by atoms with E-state index in [0.29, 0.717) is 13.1 Å². The zero-order valence-electron chi connectivity index (χ0n) is 9.27. The SMILES string of the molecule is Cc1cnc(CNCc2nonc2C)cn1. The van der Waals surface area contributed by atoms with Crippen molar-refractivity contribution in [1.82, 2.24) is 25.6 Å². The van der Waals surface area contributed by atoms with Crippen LogP contribution in [0, 0.1) is 13.8 Å². The van der Waals surface area contributed by atoms with Crippen molar-refractivity contribution in [3.63, 3.8) is 0 Å². The second-order valence-corrected chi connectivity index (χ2v) is 3.55. The molecule has 6 nitrogen and oxygen atoms in total. The molecule has 0 aromatic carbocycles. The predicted octanol–water partition coefficient (Wildman–Crippen LogP) is 0.766. The van der Waals surface area contributed by atoms with Crippen LogP contribution in [0.25, 0.3) is 0 Å². The fourth-order valence-electron chi connectivity index (χ4n) is 1.23. The van der Waals surface area contributed by atoms with Crippen molar-refractivity contribution in [2.45, 2.75) is 26.9 Å². The normalized spacial score (nSPS) is 10.6. The van der Waals surface area contributed by atoms with E-state index in [0.717, 1.165) is 22.8 Å². The van der Waals surface area contributed by atoms with Gasteiger partial charge in [0.25, 0.3) is 0 Å². The Hall–Kier alpha value is -1.82. The molecule has 84 valence electrons. The number of nitrogens with one attached hydrogen (secondary N) is 1. The van der Waals surface area contributed by atoms with Crippen molar-refractivity contribution in [3.05, 3.63) is 35.2 Å². The van der Waals surface area contributed by atoms with Gasteiger partial charge in [0.05, 0.1) is 11.4 Å². The summed E-state index contributed by atoms with van der Waals surface area (Å²) in [5.41, 5.74) is 3.45. The molecule has 6 heteroatoms. The summed E-state index contributed by atoms with van der Waals surface area (Å²) >= 11 is 0. The molecule has 0 spiro atoms. The summed E-state index contributed by atoms with van der Waals surface area (Å²) in [5, 5.41) is 10.7. The van der Waals surface area contributed by atoms with Crippen LogP contribution in [0.15, 0.2) is 17.0 Å². The number of aromatic nitrogens is 4. The zero-order valence-corrected chi connectivity index (χ0v) is 9.27. The first-order valence-electron chi connectivity index (χ1n) is 5.02. The number of aryl methyl sites for hydroxylation is 2. The molecule has 1 N–H and O–H groups in total. The molecule has 0 aliphatic carbocycles. The highest BCUT2D eigenvalue weighted by Crippen LogP contribution is 2.00. The van der Waals surface area contributed by atoms with Crippen LogP contribution in [-0.4, -0.2) is 20.3 Å². The molecule has 2 rings (SSSR count). The Morgan fingerprint density at radius 2 is 2.00 bits per heavy atom. The predicted molar refractivity (Wildman–Crippen MR) is 56.3 cm³/mol. The highest BCUT2D eigenvalue weighted by molar-refractivity contribution is 5.05. The van der Waals surface area contributed by atoms with Gasteiger partial charge in [0.15, 0.2) is 0 Å². The van der Waals surface area contributed by atoms with Crippen LogP contribution >= 0.6 is 0 Å². The summed E-state index contributed by atoms with van der Waals surface area (Å²) < 4.78 is 4.60. The maximum Gasteiger partial charge on any atom is 0.121 e. The van der Waals surface area contributed by atoms with Gasteiger partial charge in [0.2, 0.25) is 0 Å². The van der Waals surface area contributed by atoms with Crippen LogP contribution in [0.4, 0.5) is 0 Å². The average molecular weight is 219 g/mol. The number of hydrogen-bond acceptors (Lipinski definition) is 6. The van der Waals surface area contributed by atoms with E-state index >= 15 is 0 Å². The van der Waals surface area contributed by atoms with Gasteiger partial charge in [-0.1, -0.05) is 10.3 Å². The smallest absolute Gasteiger partial charge is 0.121 e. The quantitative estimate of drug-likeness (QED) is 0.818. The lowest BCUT2D eigenvalue weighted by Crippen LogP contribution is -2.14. The van der Waals surface area contributed by atoms with E-state index in [1.165, 1.54) is 0 Å². The molecule has 0 bridgehead atoms. The van der Waals surface area contributed by atoms with Gasteiger partial charge in [-0.05, 0) is 13.8 Å². The molecule has 0 atom stereocenters. The molecule has 2 aromatic rings. The monoisotopic (exact) mass is 219 g/mol. The molecule has 2 heterocycles. The lowest BCUT2D eigenvalue weighted by molar-refractivity contribution is 0.300. The molecule has 2 aromatic heterocycles. The van der Waals surface area contributed by atoms with Crippen LogP contribution in [0.2, 0.25) is 0 Å². The average Bonchev–Trinajstić information content (AvgIpc) is 2.68. The Morgan fingerprint density at radius 1 is 1.12 bits per heavy atom. The van der Waals surface area contributed by atoms with E-state index in [1.54, 1.807) is 12.4 Å². The van der Waals surface area contributed by atoms with Gasteiger partial charge >= 0.3 is 0 Å². The molecule has 0 fully saturated rings. The van der Waals surface area contributed by atoms with Crippen molar-refractivity contribution in [1.29, 1.82) is 0 Å². The summed E-state index contributed by atoms with van der Waals surface area (Å²) in [6.45, 7) is 5.04. The summed E-state index contributed by atoms with van der Waals surface area (Å²) in [5.74, 6) is 0. The lowest BCUT2D eigenvalue weighted by Gasteiger charge is -2.01. The van der Waals surface area contributed by atoms with Crippen LogP contribution in [-0.2, 0) is 13.1 Å². The molecule has 0 amide bonds. The van der Waals surface area contributed by atoms with E-state index in [9.17, 15) is 0 Å². The van der Waals surface area contributed by atoms with Crippen molar-refractivity contribution in [2.24, 2.45) is 0 Å². The van der Waals surface area contributed by atoms with Gasteiger partial charge < -0.3 is 5.32 Å². The van der Waals surface area contributed by atoms with Gasteiger partial charge in [0, 0.05) is 25.5 Å². The topological polar surface area (TPSA) is 76.7 Å². The lowest BCUT2D eigenvalue weighted by atomic mass is 10.3. The van der Waals surface area contributed by atoms with E-state index in [2.05, 4.69) is 30.2 Å². The first-order chi connectivity index (χ1) is 7.75. The Balaban J connectivity index is 1.84. The third kappa shape index (κ3) is 2.60. The minimum Gasteiger partial charge on any atom is -0.305 e. The van der Waals surface area contributed by atoms with E-state index in [4.69, 9.17) is 0 Å². The van der Waals surface area contributed by atoms with Crippen molar-refractivity contribution in [2.75, 3.05) is 0 Å². The molecule has 0 unspecified atom stereocenters. The number of hydrogen-bond donors (Lipinski definition) is 1. The van der Waals surface area contributed by atoms with E-state index in [-0.39, 0.29) is 0 Å². The molecule has 0 saturated heterocycles. The molecule has 16 heavy (non-hydrogen) atoms. The summed E-state index contributed by atoms with van der Waals surface area (Å²) in [4.78, 5) is 8.40. The Morgan fingerprint density at radius 3 is 2.62 bits per heavy atom. The second-order valence-electron chi connectivity index (χ2n) is 3.55. The molecular formula is C10H13N5O. The van der Waals surface area contributed by atoms with Gasteiger partial charge in [0.1, 0.15) is 11.4 Å². The molecule has 0 radical (unpaired) electrons. The van der Waals surface area contributed by atoms with Gasteiger partial charge in [-0.3, -0.25) is 9.97 Å². The molecule has 0 aliphatic heterocycles. The van der Waals surface area contributed by atoms with Crippen LogP contribution in [0.1, 0.15) is 22.8 Å². The maximum atomic E-state index is 4.60. The van der Waals surface area contributed by atoms with Gasteiger partial charge in [-0.25, -0.2) is 4.63 Å². The Kier molecular flexibility index (Phi) is 3.21. The molecular weight excluding hydrogens is 206 g/mol. The zero-order chi connectivity index (χ0) is 11.4. The first-order valence-corrected chi connectivity index (χ1v) is 5.02. The Labute approximate surface area is 93.1 Å². The van der Waals surface area contributed by atoms with Crippen molar-refractivity contribution in [3.8, 4) is 0 Å². The fourth-order valence-corrected chi connectivity index (χ4v) is 1.23. The minimum absolute atomic E-state index is 0.616. The largest absolute Gasteiger partial charge is 0.305 e. The van der Waals surface area contributed by atoms with Crippen LogP contribution in [0.3, 0.4) is 0 Å². The minimum atomic E-state index is 0.616. The van der Waals surface area contributed by atoms with Crippen LogP contribution in [0.5, 0.6) is 0 Å². The molecule has 0 aliphatic rings. The second kappa shape index (κ2) is 4.80. The van der Waals surface area contributed by atoms with E-state index < -0.39 is 0 Å². The van der Waals surface area contributed by atoms with Crippen LogP contribution < -0.4 is 5.32 Å². The standard InChI is InChI=1S/C10H13N5O/c1-7-3-13-9(5-12-7)4-11-6-10-8(2)14-16-15-10/h3,5,11H,4,6H2,1-2H3. The maximum absolute atomic E-state index is 4.60. The van der Waals surface area contributed by atoms with Gasteiger partial charge in [-0.2, -0.15) is 0 Å². The van der Waals surface area contributed by atoms with E-state index in [1.807, 2.05) is 13.8 Å². The van der Waals surface area contributed by atoms with Crippen molar-refractivity contribution < 1.29 is 4.63 Å². The summed E-state index contributed by atoms with van der Waals surface area (Å²) in [6.07, 6.45) is 3.51. The highest BCUT2D eigenvalue weighted by Gasteiger charge is 2.04. The fraction of sp³-hybridized carbons (Fsp3) is 0.400. The third-order valence-electron chi connectivity index (χ3n) is 2.18. The third-order valence-corrected chi connectivity index (χ3v) is 2.18. The Bertz CT molecular complexity index is 450. The highest BCUT2D eigenvalue weighted by atomic mass is 16.6. The summed E-state index contributed by atoms with van der Waals surface area (Å²) in [6, 6.07) is 0. The first kappa shape index (κ1) is 10.7. The van der Waals surface area contributed by atoms with Crippen molar-refractivity contribution >= 4 is 0 Å². The van der Waals surface area contributed by atoms with Gasteiger partial charge in [-0.15, -0.1) is 0 Å².